The Labute approximate surface area is 111 Å². The van der Waals surface area contributed by atoms with Crippen LogP contribution in [-0.4, -0.2) is 12.6 Å². The van der Waals surface area contributed by atoms with Crippen molar-refractivity contribution in [1.82, 2.24) is 5.32 Å². The highest BCUT2D eigenvalue weighted by Gasteiger charge is 2.25. The van der Waals surface area contributed by atoms with Gasteiger partial charge in [0, 0.05) is 18.0 Å². The van der Waals surface area contributed by atoms with Gasteiger partial charge in [-0.15, -0.1) is 0 Å². The molecule has 18 heavy (non-hydrogen) atoms. The predicted octanol–water partition coefficient (Wildman–Crippen LogP) is 3.85. The van der Waals surface area contributed by atoms with Gasteiger partial charge in [0.1, 0.15) is 5.75 Å². The molecule has 0 bridgehead atoms. The molecule has 100 valence electrons. The van der Waals surface area contributed by atoms with Crippen LogP contribution < -0.4 is 10.1 Å². The van der Waals surface area contributed by atoms with Crippen molar-refractivity contribution in [3.8, 4) is 5.75 Å². The van der Waals surface area contributed by atoms with Crippen LogP contribution in [0.1, 0.15) is 57.2 Å². The highest BCUT2D eigenvalue weighted by molar-refractivity contribution is 5.41. The Morgan fingerprint density at radius 1 is 1.28 bits per heavy atom. The second-order valence-electron chi connectivity index (χ2n) is 5.29. The number of rotatable bonds is 5. The number of hydrogen-bond donors (Lipinski definition) is 1. The molecule has 0 fully saturated rings. The van der Waals surface area contributed by atoms with Gasteiger partial charge in [-0.2, -0.15) is 0 Å². The molecule has 2 atom stereocenters. The van der Waals surface area contributed by atoms with Gasteiger partial charge in [0.05, 0.1) is 6.10 Å². The third kappa shape index (κ3) is 3.05. The number of aryl methyl sites for hydroxylation is 1. The van der Waals surface area contributed by atoms with Crippen molar-refractivity contribution in [3.63, 3.8) is 0 Å². The Morgan fingerprint density at radius 3 is 2.83 bits per heavy atom. The second-order valence-corrected chi connectivity index (χ2v) is 5.29. The highest BCUT2D eigenvalue weighted by Crippen LogP contribution is 2.35. The molecule has 2 unspecified atom stereocenters. The van der Waals surface area contributed by atoms with E-state index in [1.165, 1.54) is 24.0 Å². The van der Waals surface area contributed by atoms with E-state index in [0.29, 0.717) is 12.1 Å². The Morgan fingerprint density at radius 2 is 2.11 bits per heavy atom. The van der Waals surface area contributed by atoms with E-state index < -0.39 is 0 Å². The molecule has 1 aliphatic heterocycles. The molecule has 0 spiro atoms. The molecular formula is C16H25NO. The van der Waals surface area contributed by atoms with Gasteiger partial charge in [0.25, 0.3) is 0 Å². The Balaban J connectivity index is 2.22. The number of ether oxygens (including phenoxy) is 1. The minimum Gasteiger partial charge on any atom is -0.490 e. The second kappa shape index (κ2) is 6.24. The van der Waals surface area contributed by atoms with Crippen LogP contribution in [0, 0.1) is 0 Å². The maximum absolute atomic E-state index is 5.94. The van der Waals surface area contributed by atoms with Crippen molar-refractivity contribution in [1.29, 1.82) is 0 Å². The summed E-state index contributed by atoms with van der Waals surface area (Å²) in [6.07, 6.45) is 4.91. The number of fused-ring (bicyclic) bond motifs is 1. The van der Waals surface area contributed by atoms with E-state index in [4.69, 9.17) is 4.74 Å². The lowest BCUT2D eigenvalue weighted by atomic mass is 9.94. The van der Waals surface area contributed by atoms with Gasteiger partial charge in [0.15, 0.2) is 0 Å². The topological polar surface area (TPSA) is 21.3 Å². The summed E-state index contributed by atoms with van der Waals surface area (Å²) < 4.78 is 5.94. The summed E-state index contributed by atoms with van der Waals surface area (Å²) in [5, 5.41) is 3.65. The summed E-state index contributed by atoms with van der Waals surface area (Å²) in [7, 11) is 0. The molecule has 0 saturated carbocycles. The van der Waals surface area contributed by atoms with Crippen molar-refractivity contribution in [3.05, 3.63) is 29.3 Å². The first-order valence-electron chi connectivity index (χ1n) is 7.27. The van der Waals surface area contributed by atoms with Crippen molar-refractivity contribution >= 4 is 0 Å². The standard InChI is InChI=1S/C16H25NO/c1-4-6-13-7-8-16-14(11-13)15(17-9-5-2)10-12(3)18-16/h7-8,11-12,15,17H,4-6,9-10H2,1-3H3. The predicted molar refractivity (Wildman–Crippen MR) is 76.2 cm³/mol. The zero-order valence-corrected chi connectivity index (χ0v) is 11.8. The van der Waals surface area contributed by atoms with Crippen LogP contribution in [0.25, 0.3) is 0 Å². The number of nitrogens with one attached hydrogen (secondary N) is 1. The average molecular weight is 247 g/mol. The minimum absolute atomic E-state index is 0.309. The average Bonchev–Trinajstić information content (AvgIpc) is 2.36. The molecule has 0 aromatic heterocycles. The molecule has 1 aliphatic rings. The third-order valence-electron chi connectivity index (χ3n) is 3.52. The molecule has 2 heteroatoms. The Hall–Kier alpha value is -1.02. The first-order valence-corrected chi connectivity index (χ1v) is 7.27. The van der Waals surface area contributed by atoms with Crippen LogP contribution >= 0.6 is 0 Å². The van der Waals surface area contributed by atoms with Crippen LogP contribution in [-0.2, 0) is 6.42 Å². The van der Waals surface area contributed by atoms with Crippen LogP contribution in [0.5, 0.6) is 5.75 Å². The van der Waals surface area contributed by atoms with E-state index in [-0.39, 0.29) is 0 Å². The van der Waals surface area contributed by atoms with Gasteiger partial charge in [-0.25, -0.2) is 0 Å². The van der Waals surface area contributed by atoms with Gasteiger partial charge < -0.3 is 10.1 Å². The van der Waals surface area contributed by atoms with Gasteiger partial charge in [0.2, 0.25) is 0 Å². The quantitative estimate of drug-likeness (QED) is 0.853. The molecule has 1 aromatic rings. The van der Waals surface area contributed by atoms with E-state index in [1.807, 2.05) is 0 Å². The summed E-state index contributed by atoms with van der Waals surface area (Å²) in [6, 6.07) is 7.15. The number of hydrogen-bond acceptors (Lipinski definition) is 2. The Kier molecular flexibility index (Phi) is 4.65. The molecule has 0 aliphatic carbocycles. The smallest absolute Gasteiger partial charge is 0.124 e. The summed E-state index contributed by atoms with van der Waals surface area (Å²) in [5.74, 6) is 1.07. The lowest BCUT2D eigenvalue weighted by Gasteiger charge is -2.31. The van der Waals surface area contributed by atoms with E-state index in [1.54, 1.807) is 0 Å². The van der Waals surface area contributed by atoms with E-state index in [9.17, 15) is 0 Å². The summed E-state index contributed by atoms with van der Waals surface area (Å²) >= 11 is 0. The molecule has 0 radical (unpaired) electrons. The maximum atomic E-state index is 5.94. The lowest BCUT2D eigenvalue weighted by Crippen LogP contribution is -2.32. The molecular weight excluding hydrogens is 222 g/mol. The fourth-order valence-corrected chi connectivity index (χ4v) is 2.66. The fraction of sp³-hybridized carbons (Fsp3) is 0.625. The van der Waals surface area contributed by atoms with Crippen LogP contribution in [0.3, 0.4) is 0 Å². The monoisotopic (exact) mass is 247 g/mol. The van der Waals surface area contributed by atoms with E-state index in [2.05, 4.69) is 44.3 Å². The first-order chi connectivity index (χ1) is 8.74. The van der Waals surface area contributed by atoms with Crippen LogP contribution in [0.2, 0.25) is 0 Å². The van der Waals surface area contributed by atoms with Crippen molar-refractivity contribution in [2.24, 2.45) is 0 Å². The maximum Gasteiger partial charge on any atom is 0.124 e. The fourth-order valence-electron chi connectivity index (χ4n) is 2.66. The molecule has 1 N–H and O–H groups in total. The van der Waals surface area contributed by atoms with E-state index in [0.717, 1.165) is 25.1 Å². The molecule has 0 amide bonds. The first kappa shape index (κ1) is 13.4. The van der Waals surface area contributed by atoms with Gasteiger partial charge in [-0.3, -0.25) is 0 Å². The van der Waals surface area contributed by atoms with Crippen LogP contribution in [0.4, 0.5) is 0 Å². The van der Waals surface area contributed by atoms with Crippen molar-refractivity contribution in [2.45, 2.75) is 58.6 Å². The molecule has 1 heterocycles. The van der Waals surface area contributed by atoms with Crippen molar-refractivity contribution in [2.75, 3.05) is 6.54 Å². The zero-order chi connectivity index (χ0) is 13.0. The molecule has 0 saturated heterocycles. The summed E-state index contributed by atoms with van der Waals surface area (Å²) in [4.78, 5) is 0. The van der Waals surface area contributed by atoms with Crippen LogP contribution in [0.15, 0.2) is 18.2 Å². The Bertz CT molecular complexity index is 389. The lowest BCUT2D eigenvalue weighted by molar-refractivity contribution is 0.166. The van der Waals surface area contributed by atoms with E-state index >= 15 is 0 Å². The zero-order valence-electron chi connectivity index (χ0n) is 11.8. The highest BCUT2D eigenvalue weighted by atomic mass is 16.5. The minimum atomic E-state index is 0.309. The summed E-state index contributed by atoms with van der Waals surface area (Å²) in [6.45, 7) is 7.67. The van der Waals surface area contributed by atoms with Gasteiger partial charge in [-0.05, 0) is 37.9 Å². The third-order valence-corrected chi connectivity index (χ3v) is 3.52. The molecule has 2 nitrogen and oxygen atoms in total. The van der Waals surface area contributed by atoms with Crippen molar-refractivity contribution < 1.29 is 4.74 Å². The molecule has 2 rings (SSSR count). The molecule has 1 aromatic carbocycles. The largest absolute Gasteiger partial charge is 0.490 e. The van der Waals surface area contributed by atoms with Gasteiger partial charge in [-0.1, -0.05) is 32.4 Å². The summed E-state index contributed by atoms with van der Waals surface area (Å²) in [5.41, 5.74) is 2.78. The van der Waals surface area contributed by atoms with Gasteiger partial charge >= 0.3 is 0 Å². The SMILES string of the molecule is CCCNC1CC(C)Oc2ccc(CCC)cc21. The normalized spacial score (nSPS) is 22.4. The number of benzene rings is 1.